The largest absolute Gasteiger partial charge is 0.388 e. The summed E-state index contributed by atoms with van der Waals surface area (Å²) in [5.41, 5.74) is 0.865. The van der Waals surface area contributed by atoms with Gasteiger partial charge in [-0.15, -0.1) is 0 Å². The Hall–Kier alpha value is -1.33. The van der Waals surface area contributed by atoms with Crippen LogP contribution >= 0.6 is 11.8 Å². The van der Waals surface area contributed by atoms with E-state index in [1.54, 1.807) is 0 Å². The quantitative estimate of drug-likeness (QED) is 0.783. The number of hydrogen-bond acceptors (Lipinski definition) is 5. The number of aliphatic hydroxyl groups is 1. The van der Waals surface area contributed by atoms with Crippen molar-refractivity contribution in [2.75, 3.05) is 23.9 Å². The van der Waals surface area contributed by atoms with Crippen LogP contribution < -0.4 is 5.32 Å². The first-order valence-electron chi connectivity index (χ1n) is 5.94. The van der Waals surface area contributed by atoms with E-state index in [2.05, 4.69) is 21.5 Å². The molecule has 0 fully saturated rings. The van der Waals surface area contributed by atoms with Crippen LogP contribution in [0.15, 0.2) is 24.3 Å². The zero-order valence-corrected chi connectivity index (χ0v) is 11.2. The molecular weight excluding hydrogens is 246 g/mol. The molecule has 0 unspecified atom stereocenters. The summed E-state index contributed by atoms with van der Waals surface area (Å²) in [4.78, 5) is 8.63. The summed E-state index contributed by atoms with van der Waals surface area (Å²) >= 11 is 1.84. The van der Waals surface area contributed by atoms with E-state index in [4.69, 9.17) is 0 Å². The molecule has 18 heavy (non-hydrogen) atoms. The van der Waals surface area contributed by atoms with Crippen molar-refractivity contribution in [3.8, 4) is 0 Å². The summed E-state index contributed by atoms with van der Waals surface area (Å²) in [6.45, 7) is 0.747. The predicted molar refractivity (Wildman–Crippen MR) is 76.9 cm³/mol. The summed E-state index contributed by atoms with van der Waals surface area (Å²) in [7, 11) is 0. The van der Waals surface area contributed by atoms with Gasteiger partial charge in [-0.2, -0.15) is 11.8 Å². The van der Waals surface area contributed by atoms with Crippen LogP contribution in [0.3, 0.4) is 0 Å². The van der Waals surface area contributed by atoms with Crippen LogP contribution in [0.4, 0.5) is 5.82 Å². The van der Waals surface area contributed by atoms with E-state index in [0.717, 1.165) is 35.4 Å². The zero-order chi connectivity index (χ0) is 12.8. The predicted octanol–water partition coefficient (Wildman–Crippen LogP) is 2.29. The maximum Gasteiger partial charge on any atom is 0.156 e. The molecule has 0 aliphatic heterocycles. The van der Waals surface area contributed by atoms with E-state index in [-0.39, 0.29) is 6.61 Å². The molecule has 0 aliphatic rings. The van der Waals surface area contributed by atoms with Crippen LogP contribution in [-0.4, -0.2) is 33.6 Å². The summed E-state index contributed by atoms with van der Waals surface area (Å²) in [5, 5.41) is 13.5. The van der Waals surface area contributed by atoms with Crippen LogP contribution in [0.5, 0.6) is 0 Å². The Balaban J connectivity index is 2.23. The number of nitrogens with one attached hydrogen (secondary N) is 1. The molecule has 0 aliphatic carbocycles. The Morgan fingerprint density at radius 3 is 2.89 bits per heavy atom. The smallest absolute Gasteiger partial charge is 0.156 e. The Labute approximate surface area is 111 Å². The molecule has 1 aromatic heterocycles. The van der Waals surface area contributed by atoms with Gasteiger partial charge < -0.3 is 10.4 Å². The number of aliphatic hydroxyl groups excluding tert-OH is 1. The highest BCUT2D eigenvalue weighted by Crippen LogP contribution is 2.20. The molecule has 0 radical (unpaired) electrons. The molecule has 4 nitrogen and oxygen atoms in total. The Bertz CT molecular complexity index is 519. The van der Waals surface area contributed by atoms with Crippen molar-refractivity contribution in [2.45, 2.75) is 13.0 Å². The lowest BCUT2D eigenvalue weighted by atomic mass is 10.2. The Kier molecular flexibility index (Phi) is 4.78. The van der Waals surface area contributed by atoms with Crippen LogP contribution in [0.1, 0.15) is 12.2 Å². The van der Waals surface area contributed by atoms with Crippen molar-refractivity contribution >= 4 is 28.5 Å². The number of anilines is 1. The molecule has 2 rings (SSSR count). The minimum Gasteiger partial charge on any atom is -0.388 e. The molecule has 0 saturated heterocycles. The molecule has 2 N–H and O–H groups in total. The maximum absolute atomic E-state index is 9.18. The van der Waals surface area contributed by atoms with Gasteiger partial charge in [0.25, 0.3) is 0 Å². The minimum absolute atomic E-state index is 0.135. The van der Waals surface area contributed by atoms with Crippen LogP contribution in [0.2, 0.25) is 0 Å². The highest BCUT2D eigenvalue weighted by molar-refractivity contribution is 7.98. The Morgan fingerprint density at radius 1 is 1.28 bits per heavy atom. The molecular formula is C13H17N3OS. The highest BCUT2D eigenvalue weighted by Gasteiger charge is 2.05. The fourth-order valence-corrected chi connectivity index (χ4v) is 2.19. The maximum atomic E-state index is 9.18. The second-order valence-corrected chi connectivity index (χ2v) is 4.92. The lowest BCUT2D eigenvalue weighted by Crippen LogP contribution is -2.07. The molecule has 0 saturated carbocycles. The average Bonchev–Trinajstić information content (AvgIpc) is 2.43. The normalized spacial score (nSPS) is 10.8. The van der Waals surface area contributed by atoms with E-state index in [1.165, 1.54) is 0 Å². The van der Waals surface area contributed by atoms with Gasteiger partial charge in [-0.05, 0) is 30.6 Å². The van der Waals surface area contributed by atoms with Gasteiger partial charge >= 0.3 is 0 Å². The van der Waals surface area contributed by atoms with E-state index in [0.29, 0.717) is 5.82 Å². The molecule has 5 heteroatoms. The van der Waals surface area contributed by atoms with Crippen molar-refractivity contribution in [1.29, 1.82) is 0 Å². The number of thioether (sulfide) groups is 1. The standard InChI is InChI=1S/C13H17N3OS/c1-18-8-4-7-14-13-10-5-2-3-6-11(10)15-12(9-17)16-13/h2-3,5-6,17H,4,7-9H2,1H3,(H,14,15,16). The molecule has 1 aromatic carbocycles. The van der Waals surface area contributed by atoms with Gasteiger partial charge in [-0.25, -0.2) is 9.97 Å². The third kappa shape index (κ3) is 3.11. The Morgan fingerprint density at radius 2 is 2.11 bits per heavy atom. The van der Waals surface area contributed by atoms with Gasteiger partial charge in [-0.3, -0.25) is 0 Å². The lowest BCUT2D eigenvalue weighted by Gasteiger charge is -2.09. The third-order valence-electron chi connectivity index (χ3n) is 2.61. The van der Waals surface area contributed by atoms with Gasteiger partial charge in [0.05, 0.1) is 5.52 Å². The number of hydrogen-bond donors (Lipinski definition) is 2. The van der Waals surface area contributed by atoms with E-state index in [1.807, 2.05) is 36.0 Å². The van der Waals surface area contributed by atoms with Gasteiger partial charge in [0, 0.05) is 11.9 Å². The topological polar surface area (TPSA) is 58.0 Å². The van der Waals surface area contributed by atoms with Gasteiger partial charge in [-0.1, -0.05) is 12.1 Å². The number of aromatic nitrogens is 2. The van der Waals surface area contributed by atoms with E-state index in [9.17, 15) is 5.11 Å². The molecule has 0 atom stereocenters. The van der Waals surface area contributed by atoms with Crippen molar-refractivity contribution in [3.05, 3.63) is 30.1 Å². The average molecular weight is 263 g/mol. The van der Waals surface area contributed by atoms with Gasteiger partial charge in [0.1, 0.15) is 12.4 Å². The number of benzene rings is 1. The van der Waals surface area contributed by atoms with E-state index < -0.39 is 0 Å². The summed E-state index contributed by atoms with van der Waals surface area (Å²) in [6, 6.07) is 7.84. The van der Waals surface area contributed by atoms with Crippen LogP contribution in [0, 0.1) is 0 Å². The number of para-hydroxylation sites is 1. The molecule has 1 heterocycles. The molecule has 2 aromatic rings. The molecule has 0 spiro atoms. The van der Waals surface area contributed by atoms with Crippen molar-refractivity contribution in [3.63, 3.8) is 0 Å². The molecule has 0 bridgehead atoms. The summed E-state index contributed by atoms with van der Waals surface area (Å²) in [5.74, 6) is 2.40. The van der Waals surface area contributed by atoms with Crippen LogP contribution in [-0.2, 0) is 6.61 Å². The lowest BCUT2D eigenvalue weighted by molar-refractivity contribution is 0.272. The van der Waals surface area contributed by atoms with E-state index >= 15 is 0 Å². The first-order chi connectivity index (χ1) is 8.85. The SMILES string of the molecule is CSCCCNc1nc(CO)nc2ccccc12. The van der Waals surface area contributed by atoms with Crippen LogP contribution in [0.25, 0.3) is 10.9 Å². The number of nitrogens with zero attached hydrogens (tertiary/aromatic N) is 2. The monoisotopic (exact) mass is 263 g/mol. The van der Waals surface area contributed by atoms with Crippen molar-refractivity contribution in [2.24, 2.45) is 0 Å². The van der Waals surface area contributed by atoms with Crippen molar-refractivity contribution < 1.29 is 5.11 Å². The molecule has 96 valence electrons. The fraction of sp³-hybridized carbons (Fsp3) is 0.385. The molecule has 0 amide bonds. The second kappa shape index (κ2) is 6.56. The number of rotatable bonds is 6. The van der Waals surface area contributed by atoms with Gasteiger partial charge in [0.15, 0.2) is 5.82 Å². The minimum atomic E-state index is -0.135. The highest BCUT2D eigenvalue weighted by atomic mass is 32.2. The zero-order valence-electron chi connectivity index (χ0n) is 10.4. The fourth-order valence-electron chi connectivity index (χ4n) is 1.75. The number of fused-ring (bicyclic) bond motifs is 1. The summed E-state index contributed by atoms with van der Waals surface area (Å²) in [6.07, 6.45) is 3.19. The first-order valence-corrected chi connectivity index (χ1v) is 7.34. The van der Waals surface area contributed by atoms with Crippen molar-refractivity contribution in [1.82, 2.24) is 9.97 Å². The first kappa shape index (κ1) is 13.1. The summed E-state index contributed by atoms with van der Waals surface area (Å²) < 4.78 is 0. The third-order valence-corrected chi connectivity index (χ3v) is 3.31. The van der Waals surface area contributed by atoms with Gasteiger partial charge in [0.2, 0.25) is 0 Å². The second-order valence-electron chi connectivity index (χ2n) is 3.94.